The highest BCUT2D eigenvalue weighted by atomic mass is 127. The molecule has 1 unspecified atom stereocenters. The SMILES string of the molecule is CCNC(=NCc1cc(Br)ccc1OC)NC1CCc2ncnn2C1.I. The number of fused-ring (bicyclic) bond motifs is 1. The Morgan fingerprint density at radius 3 is 3.08 bits per heavy atom. The molecule has 2 heterocycles. The number of methoxy groups -OCH3 is 1. The number of hydrogen-bond acceptors (Lipinski definition) is 4. The normalized spacial score (nSPS) is 16.4. The number of aromatic nitrogens is 3. The van der Waals surface area contributed by atoms with Gasteiger partial charge in [-0.15, -0.1) is 24.0 Å². The first-order valence-electron chi connectivity index (χ1n) is 8.43. The van der Waals surface area contributed by atoms with Gasteiger partial charge in [-0.05, 0) is 31.5 Å². The summed E-state index contributed by atoms with van der Waals surface area (Å²) in [7, 11) is 1.68. The van der Waals surface area contributed by atoms with E-state index in [1.165, 1.54) is 0 Å². The summed E-state index contributed by atoms with van der Waals surface area (Å²) in [6, 6.07) is 6.24. The van der Waals surface area contributed by atoms with Crippen LogP contribution in [0.1, 0.15) is 24.7 Å². The van der Waals surface area contributed by atoms with E-state index in [1.54, 1.807) is 13.4 Å². The van der Waals surface area contributed by atoms with Crippen LogP contribution in [0.15, 0.2) is 34.0 Å². The first-order valence-corrected chi connectivity index (χ1v) is 9.22. The average Bonchev–Trinajstić information content (AvgIpc) is 3.08. The minimum Gasteiger partial charge on any atom is -0.496 e. The summed E-state index contributed by atoms with van der Waals surface area (Å²) in [6.07, 6.45) is 3.57. The zero-order chi connectivity index (χ0) is 17.6. The number of nitrogens with zero attached hydrogens (tertiary/aromatic N) is 4. The van der Waals surface area contributed by atoms with E-state index in [0.29, 0.717) is 6.54 Å². The number of aliphatic imine (C=N–C) groups is 1. The van der Waals surface area contributed by atoms with E-state index < -0.39 is 0 Å². The number of guanidine groups is 1. The van der Waals surface area contributed by atoms with Crippen LogP contribution in [0, 0.1) is 0 Å². The van der Waals surface area contributed by atoms with Crippen molar-refractivity contribution >= 4 is 45.9 Å². The van der Waals surface area contributed by atoms with Gasteiger partial charge in [-0.25, -0.2) is 14.7 Å². The maximum atomic E-state index is 5.42. The molecule has 0 amide bonds. The van der Waals surface area contributed by atoms with E-state index in [9.17, 15) is 0 Å². The Balaban J connectivity index is 0.00000243. The molecular formula is C17H24BrIN6O. The van der Waals surface area contributed by atoms with Crippen molar-refractivity contribution in [3.63, 3.8) is 0 Å². The lowest BCUT2D eigenvalue weighted by Gasteiger charge is -2.25. The van der Waals surface area contributed by atoms with Gasteiger partial charge < -0.3 is 15.4 Å². The molecule has 2 N–H and O–H groups in total. The van der Waals surface area contributed by atoms with Gasteiger partial charge in [-0.1, -0.05) is 15.9 Å². The Bertz CT molecular complexity index is 751. The molecule has 1 aliphatic heterocycles. The minimum atomic E-state index is 0. The van der Waals surface area contributed by atoms with Crippen LogP contribution in [0.5, 0.6) is 5.75 Å². The topological polar surface area (TPSA) is 76.4 Å². The van der Waals surface area contributed by atoms with E-state index in [4.69, 9.17) is 9.73 Å². The van der Waals surface area contributed by atoms with Gasteiger partial charge in [0.05, 0.1) is 20.2 Å². The number of rotatable bonds is 5. The number of hydrogen-bond donors (Lipinski definition) is 2. The number of ether oxygens (including phenoxy) is 1. The molecule has 0 saturated carbocycles. The van der Waals surface area contributed by atoms with Crippen molar-refractivity contribution in [3.05, 3.63) is 40.4 Å². The van der Waals surface area contributed by atoms with Crippen LogP contribution in [-0.2, 0) is 19.5 Å². The predicted molar refractivity (Wildman–Crippen MR) is 116 cm³/mol. The predicted octanol–water partition coefficient (Wildman–Crippen LogP) is 2.74. The van der Waals surface area contributed by atoms with Gasteiger partial charge in [0.1, 0.15) is 17.9 Å². The maximum absolute atomic E-state index is 5.42. The van der Waals surface area contributed by atoms with Gasteiger partial charge in [0.2, 0.25) is 0 Å². The fourth-order valence-corrected chi connectivity index (χ4v) is 3.31. The standard InChI is InChI=1S/C17H23BrN6O.HI/c1-3-19-17(20-9-12-8-13(18)4-6-15(12)25-2)23-14-5-7-16-21-11-22-24(16)10-14;/h4,6,8,11,14H,3,5,7,9-10H2,1-2H3,(H2,19,20,23);1H. The van der Waals surface area contributed by atoms with Gasteiger partial charge in [-0.2, -0.15) is 5.10 Å². The summed E-state index contributed by atoms with van der Waals surface area (Å²) in [5.41, 5.74) is 1.04. The molecule has 3 rings (SSSR count). The molecule has 0 fully saturated rings. The van der Waals surface area contributed by atoms with Crippen molar-refractivity contribution in [1.29, 1.82) is 0 Å². The Kier molecular flexibility index (Phi) is 8.14. The van der Waals surface area contributed by atoms with Crippen LogP contribution >= 0.6 is 39.9 Å². The number of halogens is 2. The summed E-state index contributed by atoms with van der Waals surface area (Å²) in [4.78, 5) is 8.99. The third kappa shape index (κ3) is 5.32. The smallest absolute Gasteiger partial charge is 0.191 e. The largest absolute Gasteiger partial charge is 0.496 e. The molecule has 1 atom stereocenters. The van der Waals surface area contributed by atoms with Crippen molar-refractivity contribution in [2.45, 2.75) is 38.9 Å². The molecule has 1 aliphatic rings. The van der Waals surface area contributed by atoms with Crippen molar-refractivity contribution in [2.24, 2.45) is 4.99 Å². The van der Waals surface area contributed by atoms with Crippen molar-refractivity contribution in [2.75, 3.05) is 13.7 Å². The summed E-state index contributed by atoms with van der Waals surface area (Å²) in [5.74, 6) is 2.70. The summed E-state index contributed by atoms with van der Waals surface area (Å²) in [6.45, 7) is 4.22. The Morgan fingerprint density at radius 1 is 1.46 bits per heavy atom. The van der Waals surface area contributed by atoms with Gasteiger partial charge in [0, 0.05) is 29.0 Å². The molecule has 0 aliphatic carbocycles. The van der Waals surface area contributed by atoms with E-state index in [2.05, 4.69) is 43.6 Å². The van der Waals surface area contributed by atoms with Crippen LogP contribution in [0.25, 0.3) is 0 Å². The van der Waals surface area contributed by atoms with Crippen molar-refractivity contribution in [3.8, 4) is 5.75 Å². The molecule has 0 saturated heterocycles. The summed E-state index contributed by atoms with van der Waals surface area (Å²) in [5, 5.41) is 11.1. The lowest BCUT2D eigenvalue weighted by Crippen LogP contribution is -2.47. The summed E-state index contributed by atoms with van der Waals surface area (Å²) >= 11 is 3.50. The molecule has 1 aromatic carbocycles. The van der Waals surface area contributed by atoms with Gasteiger partial charge in [0.15, 0.2) is 5.96 Å². The highest BCUT2D eigenvalue weighted by Gasteiger charge is 2.20. The molecule has 0 radical (unpaired) electrons. The van der Waals surface area contributed by atoms with Crippen LogP contribution in [0.2, 0.25) is 0 Å². The van der Waals surface area contributed by atoms with Crippen LogP contribution < -0.4 is 15.4 Å². The number of aryl methyl sites for hydroxylation is 1. The van der Waals surface area contributed by atoms with Crippen LogP contribution in [0.3, 0.4) is 0 Å². The number of benzene rings is 1. The first kappa shape index (κ1) is 20.9. The highest BCUT2D eigenvalue weighted by Crippen LogP contribution is 2.23. The number of nitrogens with one attached hydrogen (secondary N) is 2. The van der Waals surface area contributed by atoms with Crippen molar-refractivity contribution < 1.29 is 4.74 Å². The highest BCUT2D eigenvalue weighted by molar-refractivity contribution is 14.0. The average molecular weight is 535 g/mol. The summed E-state index contributed by atoms with van der Waals surface area (Å²) < 4.78 is 8.40. The molecule has 142 valence electrons. The van der Waals surface area contributed by atoms with E-state index in [-0.39, 0.29) is 30.0 Å². The Labute approximate surface area is 179 Å². The fraction of sp³-hybridized carbons (Fsp3) is 0.471. The molecule has 7 nitrogen and oxygen atoms in total. The van der Waals surface area contributed by atoms with Crippen molar-refractivity contribution in [1.82, 2.24) is 25.4 Å². The van der Waals surface area contributed by atoms with Gasteiger partial charge in [-0.3, -0.25) is 0 Å². The molecule has 0 bridgehead atoms. The lowest BCUT2D eigenvalue weighted by molar-refractivity contribution is 0.392. The van der Waals surface area contributed by atoms with Crippen LogP contribution in [-0.4, -0.2) is 40.4 Å². The molecule has 2 aromatic rings. The van der Waals surface area contributed by atoms with E-state index in [1.807, 2.05) is 22.9 Å². The molecule has 9 heteroatoms. The quantitative estimate of drug-likeness (QED) is 0.350. The zero-order valence-electron chi connectivity index (χ0n) is 14.9. The molecule has 0 spiro atoms. The second-order valence-electron chi connectivity index (χ2n) is 5.89. The van der Waals surface area contributed by atoms with E-state index in [0.717, 1.165) is 53.5 Å². The molecule has 1 aromatic heterocycles. The van der Waals surface area contributed by atoms with E-state index >= 15 is 0 Å². The Hall–Kier alpha value is -1.36. The zero-order valence-corrected chi connectivity index (χ0v) is 18.8. The second-order valence-corrected chi connectivity index (χ2v) is 6.81. The monoisotopic (exact) mass is 534 g/mol. The fourth-order valence-electron chi connectivity index (χ4n) is 2.90. The van der Waals surface area contributed by atoms with Gasteiger partial charge >= 0.3 is 0 Å². The van der Waals surface area contributed by atoms with Crippen LogP contribution in [0.4, 0.5) is 0 Å². The molecular weight excluding hydrogens is 511 g/mol. The van der Waals surface area contributed by atoms with Gasteiger partial charge in [0.25, 0.3) is 0 Å². The maximum Gasteiger partial charge on any atom is 0.191 e. The second kappa shape index (κ2) is 10.1. The third-order valence-corrected chi connectivity index (χ3v) is 4.63. The Morgan fingerprint density at radius 2 is 2.31 bits per heavy atom. The first-order chi connectivity index (χ1) is 12.2. The third-order valence-electron chi connectivity index (χ3n) is 4.14. The minimum absolute atomic E-state index is 0. The molecule has 26 heavy (non-hydrogen) atoms. The lowest BCUT2D eigenvalue weighted by atomic mass is 10.1.